The van der Waals surface area contributed by atoms with Crippen LogP contribution in [0.4, 0.5) is 8.78 Å². The number of rotatable bonds is 6. The summed E-state index contributed by atoms with van der Waals surface area (Å²) >= 11 is 0. The van der Waals surface area contributed by atoms with Gasteiger partial charge in [0.2, 0.25) is 0 Å². The van der Waals surface area contributed by atoms with E-state index >= 15 is 0 Å². The van der Waals surface area contributed by atoms with Gasteiger partial charge in [-0.15, -0.1) is 0 Å². The molecule has 6 nitrogen and oxygen atoms in total. The number of carbonyl (C=O) groups excluding carboxylic acids is 1. The second-order valence-electron chi connectivity index (χ2n) is 7.56. The third-order valence-electron chi connectivity index (χ3n) is 4.86. The Morgan fingerprint density at radius 2 is 1.47 bits per heavy atom. The van der Waals surface area contributed by atoms with Crippen LogP contribution in [0.3, 0.4) is 0 Å². The van der Waals surface area contributed by atoms with Gasteiger partial charge in [0.15, 0.2) is 5.65 Å². The van der Waals surface area contributed by atoms with Gasteiger partial charge in [-0.25, -0.2) is 23.7 Å². The predicted octanol–water partition coefficient (Wildman–Crippen LogP) is 3.93. The third-order valence-corrected chi connectivity index (χ3v) is 4.86. The molecule has 32 heavy (non-hydrogen) atoms. The highest BCUT2D eigenvalue weighted by Crippen LogP contribution is 2.31. The van der Waals surface area contributed by atoms with Crippen molar-refractivity contribution in [3.05, 3.63) is 78.0 Å². The van der Waals surface area contributed by atoms with E-state index in [1.54, 1.807) is 30.3 Å². The van der Waals surface area contributed by atoms with Gasteiger partial charge in [0.1, 0.15) is 17.2 Å². The zero-order valence-corrected chi connectivity index (χ0v) is 17.6. The number of nitrogens with zero attached hydrogens (tertiary/aromatic N) is 4. The lowest BCUT2D eigenvalue weighted by Crippen LogP contribution is -2.31. The van der Waals surface area contributed by atoms with Crippen LogP contribution in [0, 0.1) is 11.6 Å². The van der Waals surface area contributed by atoms with E-state index in [-0.39, 0.29) is 17.5 Å². The molecule has 8 heteroatoms. The minimum atomic E-state index is -0.371. The number of halogens is 2. The zero-order valence-electron chi connectivity index (χ0n) is 17.6. The van der Waals surface area contributed by atoms with Crippen molar-refractivity contribution in [1.82, 2.24) is 25.2 Å². The van der Waals surface area contributed by atoms with Crippen molar-refractivity contribution in [1.29, 1.82) is 0 Å². The summed E-state index contributed by atoms with van der Waals surface area (Å²) in [4.78, 5) is 28.1. The average molecular weight is 433 g/mol. The molecule has 0 unspecified atom stereocenters. The maximum absolute atomic E-state index is 13.5. The summed E-state index contributed by atoms with van der Waals surface area (Å²) in [5.41, 5.74) is 3.39. The smallest absolute Gasteiger partial charge is 0.252 e. The molecule has 0 bridgehead atoms. The average Bonchev–Trinajstić information content (AvgIpc) is 2.78. The highest BCUT2D eigenvalue weighted by Gasteiger charge is 2.16. The van der Waals surface area contributed by atoms with E-state index in [0.29, 0.717) is 52.3 Å². The van der Waals surface area contributed by atoms with Crippen LogP contribution < -0.4 is 5.32 Å². The Hall–Kier alpha value is -3.78. The lowest BCUT2D eigenvalue weighted by Gasteiger charge is -2.12. The number of hydrogen-bond donors (Lipinski definition) is 1. The SMILES string of the molecule is CN(C)CCNC(=O)c1cnc2nc(-c3ccc(F)cc3)c(-c3ccc(F)cc3)nc2c1. The molecule has 162 valence electrons. The largest absolute Gasteiger partial charge is 0.351 e. The first-order valence-electron chi connectivity index (χ1n) is 10.0. The molecule has 1 N–H and O–H groups in total. The molecule has 0 spiro atoms. The fourth-order valence-electron chi connectivity index (χ4n) is 3.18. The molecule has 0 aliphatic carbocycles. The maximum Gasteiger partial charge on any atom is 0.252 e. The van der Waals surface area contributed by atoms with Gasteiger partial charge in [-0.1, -0.05) is 0 Å². The van der Waals surface area contributed by atoms with E-state index in [2.05, 4.69) is 15.3 Å². The number of hydrogen-bond acceptors (Lipinski definition) is 5. The Morgan fingerprint density at radius 1 is 0.906 bits per heavy atom. The van der Waals surface area contributed by atoms with Gasteiger partial charge in [0, 0.05) is 30.4 Å². The number of carbonyl (C=O) groups is 1. The first kappa shape index (κ1) is 21.5. The van der Waals surface area contributed by atoms with Crippen LogP contribution in [0.5, 0.6) is 0 Å². The van der Waals surface area contributed by atoms with Crippen LogP contribution in [-0.4, -0.2) is 52.9 Å². The molecule has 0 atom stereocenters. The molecule has 4 aromatic rings. The molecule has 0 aliphatic rings. The van der Waals surface area contributed by atoms with Gasteiger partial charge in [-0.3, -0.25) is 4.79 Å². The summed E-state index contributed by atoms with van der Waals surface area (Å²) in [6.45, 7) is 1.21. The van der Waals surface area contributed by atoms with Gasteiger partial charge in [0.25, 0.3) is 5.91 Å². The van der Waals surface area contributed by atoms with Crippen molar-refractivity contribution in [3.63, 3.8) is 0 Å². The summed E-state index contributed by atoms with van der Waals surface area (Å²) in [6, 6.07) is 13.4. The van der Waals surface area contributed by atoms with Crippen LogP contribution in [0.15, 0.2) is 60.8 Å². The lowest BCUT2D eigenvalue weighted by atomic mass is 10.0. The van der Waals surface area contributed by atoms with Crippen molar-refractivity contribution in [3.8, 4) is 22.5 Å². The quantitative estimate of drug-likeness (QED) is 0.499. The molecule has 2 aromatic carbocycles. The van der Waals surface area contributed by atoms with Gasteiger partial charge in [-0.05, 0) is 68.7 Å². The highest BCUT2D eigenvalue weighted by atomic mass is 19.1. The number of aromatic nitrogens is 3. The molecule has 1 amide bonds. The van der Waals surface area contributed by atoms with Crippen LogP contribution in [0.2, 0.25) is 0 Å². The summed E-state index contributed by atoms with van der Waals surface area (Å²) in [5, 5.41) is 2.84. The second-order valence-corrected chi connectivity index (χ2v) is 7.56. The van der Waals surface area contributed by atoms with E-state index in [4.69, 9.17) is 4.98 Å². The van der Waals surface area contributed by atoms with Crippen molar-refractivity contribution >= 4 is 17.1 Å². The minimum Gasteiger partial charge on any atom is -0.351 e. The van der Waals surface area contributed by atoms with Gasteiger partial charge in [0.05, 0.1) is 17.0 Å². The molecule has 2 heterocycles. The fourth-order valence-corrected chi connectivity index (χ4v) is 3.18. The Balaban J connectivity index is 1.79. The van der Waals surface area contributed by atoms with Gasteiger partial charge >= 0.3 is 0 Å². The lowest BCUT2D eigenvalue weighted by molar-refractivity contribution is 0.0951. The summed E-state index contributed by atoms with van der Waals surface area (Å²) in [6.07, 6.45) is 1.45. The van der Waals surface area contributed by atoms with Gasteiger partial charge < -0.3 is 10.2 Å². The van der Waals surface area contributed by atoms with E-state index < -0.39 is 0 Å². The predicted molar refractivity (Wildman–Crippen MR) is 119 cm³/mol. The topological polar surface area (TPSA) is 71.0 Å². The summed E-state index contributed by atoms with van der Waals surface area (Å²) in [5.74, 6) is -0.993. The first-order chi connectivity index (χ1) is 15.4. The van der Waals surface area contributed by atoms with E-state index in [0.717, 1.165) is 0 Å². The molecule has 2 aromatic heterocycles. The van der Waals surface area contributed by atoms with Crippen molar-refractivity contribution < 1.29 is 13.6 Å². The van der Waals surface area contributed by atoms with Gasteiger partial charge in [-0.2, -0.15) is 0 Å². The molecule has 0 fully saturated rings. The third kappa shape index (κ3) is 4.76. The van der Waals surface area contributed by atoms with Crippen molar-refractivity contribution in [2.24, 2.45) is 0 Å². The molecule has 0 radical (unpaired) electrons. The molecular weight excluding hydrogens is 412 g/mol. The van der Waals surface area contributed by atoms with E-state index in [1.165, 1.54) is 30.5 Å². The standard InChI is InChI=1S/C24H21F2N5O/c1-31(2)12-11-27-24(32)17-13-20-23(28-14-17)30-22(16-5-9-19(26)10-6-16)21(29-20)15-3-7-18(25)8-4-15/h3-10,13-14H,11-12H2,1-2H3,(H,27,32). The fraction of sp³-hybridized carbons (Fsp3) is 0.167. The maximum atomic E-state index is 13.5. The van der Waals surface area contributed by atoms with Crippen molar-refractivity contribution in [2.45, 2.75) is 0 Å². The molecular formula is C24H21F2N5O. The second kappa shape index (κ2) is 9.15. The number of fused-ring (bicyclic) bond motifs is 1. The minimum absolute atomic E-state index is 0.256. The highest BCUT2D eigenvalue weighted by molar-refractivity contribution is 5.97. The first-order valence-corrected chi connectivity index (χ1v) is 10.0. The number of benzene rings is 2. The number of nitrogens with one attached hydrogen (secondary N) is 1. The number of amides is 1. The summed E-state index contributed by atoms with van der Waals surface area (Å²) < 4.78 is 26.9. The van der Waals surface area contributed by atoms with Crippen LogP contribution in [0.25, 0.3) is 33.7 Å². The molecule has 0 aliphatic heterocycles. The zero-order chi connectivity index (χ0) is 22.7. The number of likely N-dealkylation sites (N-methyl/N-ethyl adjacent to an activating group) is 1. The molecule has 4 rings (SSSR count). The molecule has 0 saturated carbocycles. The Morgan fingerprint density at radius 3 is 2.03 bits per heavy atom. The van der Waals surface area contributed by atoms with Crippen LogP contribution >= 0.6 is 0 Å². The Kier molecular flexibility index (Phi) is 6.13. The molecule has 0 saturated heterocycles. The van der Waals surface area contributed by atoms with Crippen LogP contribution in [-0.2, 0) is 0 Å². The summed E-state index contributed by atoms with van der Waals surface area (Å²) in [7, 11) is 3.85. The Labute approximate surface area is 184 Å². The van der Waals surface area contributed by atoms with E-state index in [1.807, 2.05) is 19.0 Å². The van der Waals surface area contributed by atoms with Crippen molar-refractivity contribution in [2.75, 3.05) is 27.2 Å². The van der Waals surface area contributed by atoms with E-state index in [9.17, 15) is 13.6 Å². The Bertz CT molecular complexity index is 1260. The monoisotopic (exact) mass is 433 g/mol. The normalized spacial score (nSPS) is 11.2. The van der Waals surface area contributed by atoms with Crippen LogP contribution in [0.1, 0.15) is 10.4 Å². The number of pyridine rings is 1.